The van der Waals surface area contributed by atoms with Crippen LogP contribution in [0.15, 0.2) is 17.7 Å². The van der Waals surface area contributed by atoms with E-state index in [-0.39, 0.29) is 0 Å². The predicted molar refractivity (Wildman–Crippen MR) is 72.4 cm³/mol. The Hall–Kier alpha value is -0.310. The van der Waals surface area contributed by atoms with E-state index in [4.69, 9.17) is 11.6 Å². The molecule has 1 nitrogen and oxygen atoms in total. The van der Waals surface area contributed by atoms with Gasteiger partial charge < -0.3 is 5.32 Å². The van der Waals surface area contributed by atoms with Crippen LogP contribution in [0.5, 0.6) is 0 Å². The molecule has 1 aliphatic rings. The maximum absolute atomic E-state index is 6.08. The molecule has 1 heterocycles. The number of hydrogen-bond donors (Lipinski definition) is 1. The molecule has 1 N–H and O–H groups in total. The maximum Gasteiger partial charge on any atom is 0.0934 e. The van der Waals surface area contributed by atoms with E-state index < -0.39 is 0 Å². The summed E-state index contributed by atoms with van der Waals surface area (Å²) in [5, 5.41) is 3.59. The van der Waals surface area contributed by atoms with Crippen LogP contribution < -0.4 is 5.32 Å². The number of rotatable bonds is 3. The lowest BCUT2D eigenvalue weighted by Crippen LogP contribution is -2.24. The Balaban J connectivity index is 2.04. The van der Waals surface area contributed by atoms with Gasteiger partial charge in [-0.3, -0.25) is 0 Å². The summed E-state index contributed by atoms with van der Waals surface area (Å²) in [6.07, 6.45) is 5.95. The molecule has 0 aliphatic heterocycles. The molecule has 0 fully saturated rings. The fourth-order valence-corrected chi connectivity index (χ4v) is 3.52. The second-order valence-electron chi connectivity index (χ2n) is 4.56. The summed E-state index contributed by atoms with van der Waals surface area (Å²) >= 11 is 7.82. The molecule has 3 heteroatoms. The van der Waals surface area contributed by atoms with E-state index >= 15 is 0 Å². The molecule has 0 saturated carbocycles. The van der Waals surface area contributed by atoms with Gasteiger partial charge in [-0.05, 0) is 44.7 Å². The number of nitrogens with one attached hydrogen (secondary N) is 1. The van der Waals surface area contributed by atoms with Gasteiger partial charge in [0.05, 0.1) is 4.34 Å². The Bertz CT molecular complexity index is 391. The zero-order valence-electron chi connectivity index (χ0n) is 9.85. The number of hydrogen-bond acceptors (Lipinski definition) is 2. The SMILES string of the molecule is CC(C)=CCNC1CCCc2sc(Cl)cc21. The van der Waals surface area contributed by atoms with Crippen LogP contribution in [0.4, 0.5) is 0 Å². The molecular formula is C13H18ClNS. The van der Waals surface area contributed by atoms with Gasteiger partial charge >= 0.3 is 0 Å². The number of halogens is 1. The molecule has 0 saturated heterocycles. The number of fused-ring (bicyclic) bond motifs is 1. The molecule has 0 amide bonds. The third kappa shape index (κ3) is 2.88. The van der Waals surface area contributed by atoms with Crippen molar-refractivity contribution in [2.24, 2.45) is 0 Å². The van der Waals surface area contributed by atoms with Gasteiger partial charge in [-0.1, -0.05) is 23.3 Å². The van der Waals surface area contributed by atoms with Gasteiger partial charge in [0.1, 0.15) is 0 Å². The van der Waals surface area contributed by atoms with Gasteiger partial charge in [0.25, 0.3) is 0 Å². The van der Waals surface area contributed by atoms with Crippen LogP contribution >= 0.6 is 22.9 Å². The fraction of sp³-hybridized carbons (Fsp3) is 0.538. The highest BCUT2D eigenvalue weighted by Gasteiger charge is 2.21. The molecular weight excluding hydrogens is 238 g/mol. The van der Waals surface area contributed by atoms with E-state index in [1.807, 2.05) is 0 Å². The van der Waals surface area contributed by atoms with Crippen LogP contribution in [0.1, 0.15) is 43.2 Å². The third-order valence-electron chi connectivity index (χ3n) is 2.96. The Labute approximate surface area is 107 Å². The standard InChI is InChI=1S/C13H18ClNS/c1-9(2)6-7-15-11-4-3-5-12-10(11)8-13(14)16-12/h6,8,11,15H,3-5,7H2,1-2H3. The largest absolute Gasteiger partial charge is 0.306 e. The Morgan fingerprint density at radius 2 is 2.44 bits per heavy atom. The summed E-state index contributed by atoms with van der Waals surface area (Å²) < 4.78 is 0.931. The molecule has 0 spiro atoms. The van der Waals surface area contributed by atoms with E-state index in [0.29, 0.717) is 6.04 Å². The van der Waals surface area contributed by atoms with Crippen LogP contribution in [-0.2, 0) is 6.42 Å². The lowest BCUT2D eigenvalue weighted by Gasteiger charge is -2.23. The minimum Gasteiger partial charge on any atom is -0.306 e. The van der Waals surface area contributed by atoms with E-state index in [1.165, 1.54) is 35.3 Å². The van der Waals surface area contributed by atoms with Crippen LogP contribution in [0.2, 0.25) is 4.34 Å². The van der Waals surface area contributed by atoms with Crippen molar-refractivity contribution in [2.45, 2.75) is 39.2 Å². The Kier molecular flexibility index (Phi) is 4.06. The zero-order chi connectivity index (χ0) is 11.5. The van der Waals surface area contributed by atoms with Crippen molar-refractivity contribution < 1.29 is 0 Å². The van der Waals surface area contributed by atoms with E-state index in [9.17, 15) is 0 Å². The minimum absolute atomic E-state index is 0.503. The number of thiophene rings is 1. The predicted octanol–water partition coefficient (Wildman–Crippen LogP) is 4.33. The smallest absolute Gasteiger partial charge is 0.0934 e. The first-order valence-corrected chi connectivity index (χ1v) is 7.01. The second kappa shape index (κ2) is 5.35. The summed E-state index contributed by atoms with van der Waals surface area (Å²) in [6, 6.07) is 2.64. The monoisotopic (exact) mass is 255 g/mol. The summed E-state index contributed by atoms with van der Waals surface area (Å²) in [5.74, 6) is 0. The van der Waals surface area contributed by atoms with Crippen molar-refractivity contribution >= 4 is 22.9 Å². The Morgan fingerprint density at radius 1 is 1.62 bits per heavy atom. The van der Waals surface area contributed by atoms with Gasteiger partial charge in [-0.2, -0.15) is 0 Å². The first kappa shape index (κ1) is 12.2. The molecule has 16 heavy (non-hydrogen) atoms. The van der Waals surface area contributed by atoms with E-state index in [0.717, 1.165) is 10.9 Å². The Morgan fingerprint density at radius 3 is 3.19 bits per heavy atom. The van der Waals surface area contributed by atoms with Gasteiger partial charge in [-0.15, -0.1) is 11.3 Å². The highest BCUT2D eigenvalue weighted by molar-refractivity contribution is 7.16. The highest BCUT2D eigenvalue weighted by Crippen LogP contribution is 2.37. The summed E-state index contributed by atoms with van der Waals surface area (Å²) in [7, 11) is 0. The topological polar surface area (TPSA) is 12.0 Å². The molecule has 0 bridgehead atoms. The molecule has 1 aromatic heterocycles. The molecule has 88 valence electrons. The third-order valence-corrected chi connectivity index (χ3v) is 4.30. The summed E-state index contributed by atoms with van der Waals surface area (Å²) in [6.45, 7) is 5.23. The molecule has 1 aromatic rings. The number of aryl methyl sites for hydroxylation is 1. The van der Waals surface area contributed by atoms with Crippen LogP contribution in [0.25, 0.3) is 0 Å². The van der Waals surface area contributed by atoms with E-state index in [2.05, 4.69) is 31.3 Å². The number of allylic oxidation sites excluding steroid dienone is 1. The van der Waals surface area contributed by atoms with Crippen molar-refractivity contribution in [1.82, 2.24) is 5.32 Å². The molecule has 1 unspecified atom stereocenters. The lowest BCUT2D eigenvalue weighted by atomic mass is 9.94. The molecule has 2 rings (SSSR count). The van der Waals surface area contributed by atoms with Gasteiger partial charge in [-0.25, -0.2) is 0 Å². The lowest BCUT2D eigenvalue weighted by molar-refractivity contribution is 0.485. The average Bonchev–Trinajstić information content (AvgIpc) is 2.58. The van der Waals surface area contributed by atoms with Gasteiger partial charge in [0, 0.05) is 17.5 Å². The molecule has 1 atom stereocenters. The van der Waals surface area contributed by atoms with Crippen LogP contribution in [-0.4, -0.2) is 6.54 Å². The fourth-order valence-electron chi connectivity index (χ4n) is 2.14. The normalized spacial score (nSPS) is 19.3. The van der Waals surface area contributed by atoms with Crippen molar-refractivity contribution in [3.05, 3.63) is 32.5 Å². The molecule has 1 aliphatic carbocycles. The molecule has 0 radical (unpaired) electrons. The first-order valence-electron chi connectivity index (χ1n) is 5.81. The molecule has 0 aromatic carbocycles. The van der Waals surface area contributed by atoms with Gasteiger partial charge in [0.15, 0.2) is 0 Å². The van der Waals surface area contributed by atoms with Crippen molar-refractivity contribution in [3.8, 4) is 0 Å². The maximum atomic E-state index is 6.08. The van der Waals surface area contributed by atoms with Crippen LogP contribution in [0.3, 0.4) is 0 Å². The summed E-state index contributed by atoms with van der Waals surface area (Å²) in [5.41, 5.74) is 2.80. The average molecular weight is 256 g/mol. The highest BCUT2D eigenvalue weighted by atomic mass is 35.5. The van der Waals surface area contributed by atoms with Gasteiger partial charge in [0.2, 0.25) is 0 Å². The second-order valence-corrected chi connectivity index (χ2v) is 6.33. The zero-order valence-corrected chi connectivity index (χ0v) is 11.4. The van der Waals surface area contributed by atoms with E-state index in [1.54, 1.807) is 11.3 Å². The van der Waals surface area contributed by atoms with Crippen molar-refractivity contribution in [3.63, 3.8) is 0 Å². The first-order chi connectivity index (χ1) is 7.66. The summed E-state index contributed by atoms with van der Waals surface area (Å²) in [4.78, 5) is 1.48. The van der Waals surface area contributed by atoms with Crippen LogP contribution in [0, 0.1) is 0 Å². The van der Waals surface area contributed by atoms with Crippen molar-refractivity contribution in [2.75, 3.05) is 6.54 Å². The van der Waals surface area contributed by atoms with Crippen molar-refractivity contribution in [1.29, 1.82) is 0 Å². The quantitative estimate of drug-likeness (QED) is 0.793. The minimum atomic E-state index is 0.503.